The molecule has 0 amide bonds. The van der Waals surface area contributed by atoms with Crippen molar-refractivity contribution in [1.29, 1.82) is 0 Å². The minimum absolute atomic E-state index is 0.242. The van der Waals surface area contributed by atoms with Crippen molar-refractivity contribution in [2.45, 2.75) is 52.7 Å². The second-order valence-electron chi connectivity index (χ2n) is 9.19. The number of anilines is 1. The molecule has 1 spiro atoms. The van der Waals surface area contributed by atoms with Crippen LogP contribution in [0, 0.1) is 27.7 Å². The first kappa shape index (κ1) is 18.2. The standard InChI is InChI=1S/C26H28N2O/c1-15-11-12-20-21(13-15)28(7)26(25(20,5)6)14-27-23-19-10-8-9-16(2)22(19)17(3)18(4)24(23)29-26/h8-14H,1-7H3. The Kier molecular flexibility index (Phi) is 3.54. The lowest BCUT2D eigenvalue weighted by Crippen LogP contribution is -2.61. The van der Waals surface area contributed by atoms with Crippen LogP contribution in [0.2, 0.25) is 0 Å². The van der Waals surface area contributed by atoms with Crippen LogP contribution in [0.4, 0.5) is 11.4 Å². The van der Waals surface area contributed by atoms with E-state index in [2.05, 4.69) is 89.9 Å². The molecular formula is C26H28N2O. The van der Waals surface area contributed by atoms with Gasteiger partial charge in [0.05, 0.1) is 11.6 Å². The Labute approximate surface area is 173 Å². The molecule has 29 heavy (non-hydrogen) atoms. The third-order valence-electron chi connectivity index (χ3n) is 7.23. The van der Waals surface area contributed by atoms with Crippen LogP contribution in [0.1, 0.15) is 41.7 Å². The Morgan fingerprint density at radius 1 is 0.966 bits per heavy atom. The average Bonchev–Trinajstić information content (AvgIpc) is 2.84. The van der Waals surface area contributed by atoms with E-state index in [9.17, 15) is 0 Å². The van der Waals surface area contributed by atoms with Gasteiger partial charge in [0.1, 0.15) is 5.69 Å². The van der Waals surface area contributed by atoms with E-state index in [1.54, 1.807) is 0 Å². The Hall–Kier alpha value is -2.81. The number of hydrogen-bond acceptors (Lipinski definition) is 3. The Morgan fingerprint density at radius 2 is 1.72 bits per heavy atom. The normalized spacial score (nSPS) is 21.4. The molecule has 0 bridgehead atoms. The number of rotatable bonds is 0. The van der Waals surface area contributed by atoms with Crippen molar-refractivity contribution in [3.63, 3.8) is 0 Å². The van der Waals surface area contributed by atoms with E-state index >= 15 is 0 Å². The molecule has 0 saturated carbocycles. The van der Waals surface area contributed by atoms with Crippen LogP contribution in [0.15, 0.2) is 41.4 Å². The third-order valence-corrected chi connectivity index (χ3v) is 7.23. The van der Waals surface area contributed by atoms with Crippen LogP contribution in [0.5, 0.6) is 5.75 Å². The second kappa shape index (κ2) is 5.63. The lowest BCUT2D eigenvalue weighted by atomic mass is 9.77. The molecule has 2 aliphatic rings. The van der Waals surface area contributed by atoms with Gasteiger partial charge in [-0.1, -0.05) is 30.3 Å². The monoisotopic (exact) mass is 384 g/mol. The lowest BCUT2D eigenvalue weighted by Gasteiger charge is -2.45. The summed E-state index contributed by atoms with van der Waals surface area (Å²) in [5, 5.41) is 2.46. The number of ether oxygens (including phenoxy) is 1. The quantitative estimate of drug-likeness (QED) is 0.455. The molecule has 1 unspecified atom stereocenters. The van der Waals surface area contributed by atoms with Crippen LogP contribution >= 0.6 is 0 Å². The maximum atomic E-state index is 6.97. The fraction of sp³-hybridized carbons (Fsp3) is 0.346. The van der Waals surface area contributed by atoms with Crippen molar-refractivity contribution in [3.05, 3.63) is 64.2 Å². The molecule has 3 aromatic rings. The minimum Gasteiger partial charge on any atom is -0.459 e. The summed E-state index contributed by atoms with van der Waals surface area (Å²) in [6.07, 6.45) is 2.03. The number of aliphatic imine (C=N–C) groups is 1. The van der Waals surface area contributed by atoms with Crippen molar-refractivity contribution < 1.29 is 4.74 Å². The van der Waals surface area contributed by atoms with Crippen LogP contribution in [-0.4, -0.2) is 19.0 Å². The Morgan fingerprint density at radius 3 is 2.48 bits per heavy atom. The Balaban J connectivity index is 1.78. The van der Waals surface area contributed by atoms with E-state index in [0.29, 0.717) is 0 Å². The minimum atomic E-state index is -0.648. The van der Waals surface area contributed by atoms with Gasteiger partial charge in [-0.05, 0) is 80.8 Å². The molecule has 2 heterocycles. The molecule has 5 rings (SSSR count). The summed E-state index contributed by atoms with van der Waals surface area (Å²) in [7, 11) is 2.12. The Bertz CT molecular complexity index is 1220. The van der Waals surface area contributed by atoms with E-state index < -0.39 is 5.72 Å². The highest BCUT2D eigenvalue weighted by atomic mass is 16.5. The highest BCUT2D eigenvalue weighted by Crippen LogP contribution is 2.55. The van der Waals surface area contributed by atoms with Gasteiger partial charge < -0.3 is 9.64 Å². The van der Waals surface area contributed by atoms with Gasteiger partial charge in [0.15, 0.2) is 5.75 Å². The molecule has 0 radical (unpaired) electrons. The van der Waals surface area contributed by atoms with E-state index in [0.717, 1.165) is 11.4 Å². The maximum Gasteiger partial charge on any atom is 0.228 e. The largest absolute Gasteiger partial charge is 0.459 e. The van der Waals surface area contributed by atoms with Crippen molar-refractivity contribution in [2.24, 2.45) is 4.99 Å². The summed E-state index contributed by atoms with van der Waals surface area (Å²) in [4.78, 5) is 7.32. The molecular weight excluding hydrogens is 356 g/mol. The fourth-order valence-electron chi connectivity index (χ4n) is 5.29. The topological polar surface area (TPSA) is 24.8 Å². The van der Waals surface area contributed by atoms with Gasteiger partial charge >= 0.3 is 0 Å². The molecule has 3 heteroatoms. The molecule has 0 N–H and O–H groups in total. The van der Waals surface area contributed by atoms with Gasteiger partial charge in [0, 0.05) is 18.1 Å². The summed E-state index contributed by atoms with van der Waals surface area (Å²) >= 11 is 0. The van der Waals surface area contributed by atoms with Gasteiger partial charge in [0.2, 0.25) is 5.72 Å². The zero-order chi connectivity index (χ0) is 20.7. The van der Waals surface area contributed by atoms with Crippen molar-refractivity contribution in [2.75, 3.05) is 11.9 Å². The molecule has 0 aliphatic carbocycles. The molecule has 1 atom stereocenters. The number of aryl methyl sites for hydroxylation is 3. The molecule has 3 nitrogen and oxygen atoms in total. The van der Waals surface area contributed by atoms with Crippen LogP contribution < -0.4 is 9.64 Å². The summed E-state index contributed by atoms with van der Waals surface area (Å²) in [5.41, 5.74) is 7.56. The molecule has 148 valence electrons. The van der Waals surface area contributed by atoms with Crippen LogP contribution in [-0.2, 0) is 5.41 Å². The summed E-state index contributed by atoms with van der Waals surface area (Å²) in [5.74, 6) is 0.910. The van der Waals surface area contributed by atoms with E-state index in [-0.39, 0.29) is 5.41 Å². The van der Waals surface area contributed by atoms with E-state index in [1.165, 1.54) is 44.3 Å². The van der Waals surface area contributed by atoms with Crippen LogP contribution in [0.25, 0.3) is 10.8 Å². The highest BCUT2D eigenvalue weighted by Gasteiger charge is 2.58. The van der Waals surface area contributed by atoms with Gasteiger partial charge in [-0.3, -0.25) is 4.99 Å². The summed E-state index contributed by atoms with van der Waals surface area (Å²) in [6, 6.07) is 13.1. The molecule has 3 aromatic carbocycles. The second-order valence-corrected chi connectivity index (χ2v) is 9.19. The predicted octanol–water partition coefficient (Wildman–Crippen LogP) is 6.29. The van der Waals surface area contributed by atoms with Crippen molar-refractivity contribution in [3.8, 4) is 5.75 Å². The zero-order valence-electron chi connectivity index (χ0n) is 18.3. The molecule has 2 aliphatic heterocycles. The van der Waals surface area contributed by atoms with E-state index in [1.807, 2.05) is 6.21 Å². The SMILES string of the molecule is Cc1ccc2c(c1)N(C)C1(C=Nc3c(c(C)c(C)c4c(C)cccc34)O1)C2(C)C. The third kappa shape index (κ3) is 2.11. The number of benzene rings is 3. The number of likely N-dealkylation sites (N-methyl/N-ethyl adjacent to an activating group) is 1. The first-order chi connectivity index (χ1) is 13.7. The molecule has 0 saturated heterocycles. The smallest absolute Gasteiger partial charge is 0.228 e. The average molecular weight is 385 g/mol. The zero-order valence-corrected chi connectivity index (χ0v) is 18.3. The van der Waals surface area contributed by atoms with Crippen molar-refractivity contribution in [1.82, 2.24) is 0 Å². The van der Waals surface area contributed by atoms with Gasteiger partial charge in [-0.15, -0.1) is 0 Å². The van der Waals surface area contributed by atoms with E-state index in [4.69, 9.17) is 9.73 Å². The number of nitrogens with zero attached hydrogens (tertiary/aromatic N) is 2. The van der Waals surface area contributed by atoms with Gasteiger partial charge in [0.25, 0.3) is 0 Å². The molecule has 0 fully saturated rings. The maximum absolute atomic E-state index is 6.97. The van der Waals surface area contributed by atoms with Gasteiger partial charge in [-0.2, -0.15) is 0 Å². The predicted molar refractivity (Wildman–Crippen MR) is 122 cm³/mol. The van der Waals surface area contributed by atoms with Crippen LogP contribution in [0.3, 0.4) is 0 Å². The first-order valence-electron chi connectivity index (χ1n) is 10.3. The van der Waals surface area contributed by atoms with Gasteiger partial charge in [-0.25, -0.2) is 0 Å². The lowest BCUT2D eigenvalue weighted by molar-refractivity contribution is 0.0818. The number of fused-ring (bicyclic) bond motifs is 4. The number of hydrogen-bond donors (Lipinski definition) is 0. The fourth-order valence-corrected chi connectivity index (χ4v) is 5.29. The highest BCUT2D eigenvalue weighted by molar-refractivity contribution is 6.03. The van der Waals surface area contributed by atoms with Crippen molar-refractivity contribution >= 4 is 28.4 Å². The molecule has 0 aromatic heterocycles. The summed E-state index contributed by atoms with van der Waals surface area (Å²) in [6.45, 7) is 13.2. The summed E-state index contributed by atoms with van der Waals surface area (Å²) < 4.78 is 6.97. The first-order valence-corrected chi connectivity index (χ1v) is 10.3.